The van der Waals surface area contributed by atoms with Gasteiger partial charge >= 0.3 is 0 Å². The van der Waals surface area contributed by atoms with E-state index in [1.54, 1.807) is 5.01 Å². The van der Waals surface area contributed by atoms with Gasteiger partial charge in [-0.1, -0.05) is 12.1 Å². The molecule has 0 aliphatic carbocycles. The van der Waals surface area contributed by atoms with Crippen molar-refractivity contribution >= 4 is 0 Å². The fraction of sp³-hybridized carbons (Fsp3) is 0.538. The molecule has 0 amide bonds. The molecule has 0 bridgehead atoms. The molecular weight excluding hydrogens is 216 g/mol. The Morgan fingerprint density at radius 3 is 2.88 bits per heavy atom. The fourth-order valence-corrected chi connectivity index (χ4v) is 2.17. The van der Waals surface area contributed by atoms with Crippen molar-refractivity contribution in [3.63, 3.8) is 0 Å². The Bertz CT molecular complexity index is 430. The van der Waals surface area contributed by atoms with E-state index in [9.17, 15) is 4.91 Å². The van der Waals surface area contributed by atoms with E-state index >= 15 is 0 Å². The zero-order valence-electron chi connectivity index (χ0n) is 10.6. The average molecular weight is 234 g/mol. The number of ether oxygens (including phenoxy) is 1. The molecular formula is C13H18N2O2. The molecule has 1 aliphatic heterocycles. The quantitative estimate of drug-likeness (QED) is 0.594. The topological polar surface area (TPSA) is 41.9 Å². The van der Waals surface area contributed by atoms with Crippen LogP contribution < -0.4 is 4.74 Å². The van der Waals surface area contributed by atoms with Gasteiger partial charge in [0.1, 0.15) is 5.75 Å². The molecule has 1 aromatic carbocycles. The van der Waals surface area contributed by atoms with E-state index in [0.717, 1.165) is 29.9 Å². The largest absolute Gasteiger partial charge is 0.493 e. The highest BCUT2D eigenvalue weighted by atomic mass is 16.5. The van der Waals surface area contributed by atoms with Crippen molar-refractivity contribution in [2.24, 2.45) is 5.29 Å². The minimum atomic E-state index is 0.123. The van der Waals surface area contributed by atoms with Crippen LogP contribution in [0.25, 0.3) is 0 Å². The second-order valence-corrected chi connectivity index (χ2v) is 4.77. The molecule has 17 heavy (non-hydrogen) atoms. The molecule has 1 aromatic rings. The van der Waals surface area contributed by atoms with Gasteiger partial charge in [-0.15, -0.1) is 4.91 Å². The molecule has 0 unspecified atom stereocenters. The minimum Gasteiger partial charge on any atom is -0.493 e. The van der Waals surface area contributed by atoms with Crippen molar-refractivity contribution in [3.8, 4) is 5.75 Å². The van der Waals surface area contributed by atoms with Gasteiger partial charge in [0.25, 0.3) is 0 Å². The number of nitroso groups, excluding NO2 is 1. The summed E-state index contributed by atoms with van der Waals surface area (Å²) in [5.74, 6) is 1.02. The van der Waals surface area contributed by atoms with Crippen LogP contribution >= 0.6 is 0 Å². The second kappa shape index (κ2) is 4.73. The van der Waals surface area contributed by atoms with Gasteiger partial charge in [0, 0.05) is 12.5 Å². The van der Waals surface area contributed by atoms with Crippen molar-refractivity contribution in [1.82, 2.24) is 5.01 Å². The van der Waals surface area contributed by atoms with E-state index in [4.69, 9.17) is 4.74 Å². The molecule has 0 saturated heterocycles. The molecule has 4 heteroatoms. The lowest BCUT2D eigenvalue weighted by atomic mass is 10.0. The fourth-order valence-electron chi connectivity index (χ4n) is 2.17. The normalized spacial score (nSPS) is 13.4. The lowest BCUT2D eigenvalue weighted by Crippen LogP contribution is -2.24. The van der Waals surface area contributed by atoms with Gasteiger partial charge in [-0.25, -0.2) is 0 Å². The van der Waals surface area contributed by atoms with Crippen molar-refractivity contribution in [3.05, 3.63) is 33.7 Å². The Kier molecular flexibility index (Phi) is 3.31. The molecule has 92 valence electrons. The highest BCUT2D eigenvalue weighted by Crippen LogP contribution is 2.30. The van der Waals surface area contributed by atoms with Crippen LogP contribution in [0, 0.1) is 11.8 Å². The molecule has 0 saturated carbocycles. The van der Waals surface area contributed by atoms with Crippen LogP contribution in [0.15, 0.2) is 17.4 Å². The highest BCUT2D eigenvalue weighted by Gasteiger charge is 2.17. The summed E-state index contributed by atoms with van der Waals surface area (Å²) >= 11 is 0. The third-order valence-corrected chi connectivity index (χ3v) is 3.07. The third kappa shape index (κ3) is 2.40. The Labute approximate surface area is 102 Å². The standard InChI is InChI=1S/C13H18N2O2/c1-9(2)15(14-16)8-11-6-10(3)13-12(7-11)4-5-17-13/h6-7,9H,4-5,8H2,1-3H3. The van der Waals surface area contributed by atoms with Crippen LogP contribution in [0.1, 0.15) is 30.5 Å². The molecule has 1 aliphatic rings. The van der Waals surface area contributed by atoms with Crippen molar-refractivity contribution < 1.29 is 4.74 Å². The van der Waals surface area contributed by atoms with Gasteiger partial charge in [0.2, 0.25) is 0 Å². The Morgan fingerprint density at radius 2 is 2.24 bits per heavy atom. The number of hydrogen-bond donors (Lipinski definition) is 0. The number of fused-ring (bicyclic) bond motifs is 1. The van der Waals surface area contributed by atoms with Crippen LogP contribution in [0.4, 0.5) is 0 Å². The maximum Gasteiger partial charge on any atom is 0.125 e. The molecule has 0 aromatic heterocycles. The van der Waals surface area contributed by atoms with E-state index in [2.05, 4.69) is 17.4 Å². The number of nitrogens with zero attached hydrogens (tertiary/aromatic N) is 2. The summed E-state index contributed by atoms with van der Waals surface area (Å²) < 4.78 is 5.56. The minimum absolute atomic E-state index is 0.123. The first-order valence-electron chi connectivity index (χ1n) is 5.97. The van der Waals surface area contributed by atoms with E-state index in [1.165, 1.54) is 5.56 Å². The molecule has 1 heterocycles. The Hall–Kier alpha value is -1.58. The van der Waals surface area contributed by atoms with Crippen LogP contribution in [-0.4, -0.2) is 17.7 Å². The summed E-state index contributed by atoms with van der Waals surface area (Å²) in [5.41, 5.74) is 3.51. The third-order valence-electron chi connectivity index (χ3n) is 3.07. The zero-order chi connectivity index (χ0) is 12.4. The van der Waals surface area contributed by atoms with E-state index in [-0.39, 0.29) is 6.04 Å². The first-order valence-corrected chi connectivity index (χ1v) is 5.97. The molecule has 2 rings (SSSR count). The summed E-state index contributed by atoms with van der Waals surface area (Å²) in [6, 6.07) is 4.32. The smallest absolute Gasteiger partial charge is 0.125 e. The zero-order valence-corrected chi connectivity index (χ0v) is 10.6. The summed E-state index contributed by atoms with van der Waals surface area (Å²) in [6.07, 6.45) is 0.959. The predicted molar refractivity (Wildman–Crippen MR) is 66.9 cm³/mol. The van der Waals surface area contributed by atoms with Crippen LogP contribution in [0.2, 0.25) is 0 Å². The lowest BCUT2D eigenvalue weighted by Gasteiger charge is -2.20. The number of benzene rings is 1. The van der Waals surface area contributed by atoms with E-state index in [0.29, 0.717) is 6.54 Å². The van der Waals surface area contributed by atoms with Gasteiger partial charge in [-0.2, -0.15) is 0 Å². The van der Waals surface area contributed by atoms with Gasteiger partial charge in [-0.05, 0) is 37.5 Å². The van der Waals surface area contributed by atoms with Crippen LogP contribution in [0.3, 0.4) is 0 Å². The van der Waals surface area contributed by atoms with E-state index < -0.39 is 0 Å². The highest BCUT2D eigenvalue weighted by molar-refractivity contribution is 5.46. The molecule has 0 spiro atoms. The molecule has 0 fully saturated rings. The van der Waals surface area contributed by atoms with Crippen molar-refractivity contribution in [2.45, 2.75) is 39.8 Å². The lowest BCUT2D eigenvalue weighted by molar-refractivity contribution is 0.219. The van der Waals surface area contributed by atoms with Gasteiger partial charge in [0.15, 0.2) is 0 Å². The monoisotopic (exact) mass is 234 g/mol. The SMILES string of the molecule is Cc1cc(CN(N=O)C(C)C)cc2c1OCC2. The van der Waals surface area contributed by atoms with Crippen molar-refractivity contribution in [1.29, 1.82) is 0 Å². The van der Waals surface area contributed by atoms with Crippen molar-refractivity contribution in [2.75, 3.05) is 6.61 Å². The average Bonchev–Trinajstić information content (AvgIpc) is 2.74. The molecule has 0 atom stereocenters. The first kappa shape index (κ1) is 11.9. The summed E-state index contributed by atoms with van der Waals surface area (Å²) in [5, 5.41) is 4.61. The maximum absolute atomic E-state index is 10.7. The molecule has 0 N–H and O–H groups in total. The predicted octanol–water partition coefficient (Wildman–Crippen LogP) is 2.82. The second-order valence-electron chi connectivity index (χ2n) is 4.77. The first-order chi connectivity index (χ1) is 8.11. The summed E-state index contributed by atoms with van der Waals surface area (Å²) in [6.45, 7) is 7.30. The van der Waals surface area contributed by atoms with Gasteiger partial charge < -0.3 is 4.74 Å². The maximum atomic E-state index is 10.7. The van der Waals surface area contributed by atoms with Crippen LogP contribution in [-0.2, 0) is 13.0 Å². The number of rotatable bonds is 4. The number of hydrogen-bond acceptors (Lipinski definition) is 3. The van der Waals surface area contributed by atoms with Gasteiger partial charge in [-0.3, -0.25) is 5.01 Å². The summed E-state index contributed by atoms with van der Waals surface area (Å²) in [7, 11) is 0. The van der Waals surface area contributed by atoms with E-state index in [1.807, 2.05) is 20.8 Å². The van der Waals surface area contributed by atoms with Gasteiger partial charge in [0.05, 0.1) is 18.4 Å². The van der Waals surface area contributed by atoms with Crippen LogP contribution in [0.5, 0.6) is 5.75 Å². The molecule has 0 radical (unpaired) electrons. The number of aryl methyl sites for hydroxylation is 1. The molecule has 4 nitrogen and oxygen atoms in total. The summed E-state index contributed by atoms with van der Waals surface area (Å²) in [4.78, 5) is 10.7. The Morgan fingerprint density at radius 1 is 1.47 bits per heavy atom. The Balaban J connectivity index is 2.22.